The molecule has 37 heavy (non-hydrogen) atoms. The summed E-state index contributed by atoms with van der Waals surface area (Å²) in [4.78, 5) is 13.1. The van der Waals surface area contributed by atoms with Crippen molar-refractivity contribution in [3.63, 3.8) is 0 Å². The number of ether oxygens (including phenoxy) is 2. The Labute approximate surface area is 215 Å². The number of benzene rings is 2. The zero-order chi connectivity index (χ0) is 26.4. The summed E-state index contributed by atoms with van der Waals surface area (Å²) in [5.74, 6) is -0.823. The monoisotopic (exact) mass is 513 g/mol. The number of anilines is 3. The van der Waals surface area contributed by atoms with E-state index in [-0.39, 0.29) is 35.8 Å². The molecule has 4 rings (SSSR count). The number of piperidine rings is 1. The Hall–Kier alpha value is -3.50. The van der Waals surface area contributed by atoms with Crippen LogP contribution >= 0.6 is 0 Å². The minimum atomic E-state index is -0.786. The highest BCUT2D eigenvalue weighted by atomic mass is 19.1. The van der Waals surface area contributed by atoms with Gasteiger partial charge in [0, 0.05) is 37.1 Å². The maximum atomic E-state index is 14.4. The minimum Gasteiger partial charge on any atom is -0.494 e. The molecule has 1 aliphatic rings. The molecule has 0 aliphatic carbocycles. The average Bonchev–Trinajstić information content (AvgIpc) is 2.92. The smallest absolute Gasteiger partial charge is 0.227 e. The molecule has 198 valence electrons. The van der Waals surface area contributed by atoms with Gasteiger partial charge in [-0.1, -0.05) is 0 Å². The number of aromatic nitrogens is 2. The van der Waals surface area contributed by atoms with E-state index >= 15 is 0 Å². The zero-order valence-electron chi connectivity index (χ0n) is 21.4. The lowest BCUT2D eigenvalue weighted by Gasteiger charge is -2.37. The van der Waals surface area contributed by atoms with Crippen LogP contribution in [0.4, 0.5) is 26.1 Å². The molecular weight excluding hydrogens is 480 g/mol. The van der Waals surface area contributed by atoms with E-state index in [0.29, 0.717) is 18.5 Å². The molecule has 2 heterocycles. The number of hydrogen-bond acceptors (Lipinski definition) is 8. The summed E-state index contributed by atoms with van der Waals surface area (Å²) in [7, 11) is 3.40. The van der Waals surface area contributed by atoms with Gasteiger partial charge in [0.05, 0.1) is 31.7 Å². The van der Waals surface area contributed by atoms with Gasteiger partial charge < -0.3 is 29.7 Å². The first kappa shape index (κ1) is 26.6. The van der Waals surface area contributed by atoms with Crippen molar-refractivity contribution in [1.82, 2.24) is 14.9 Å². The fraction of sp³-hybridized carbons (Fsp3) is 0.407. The normalized spacial score (nSPS) is 14.2. The number of hydrogen-bond donors (Lipinski definition) is 2. The van der Waals surface area contributed by atoms with Crippen LogP contribution in [0.25, 0.3) is 0 Å². The lowest BCUT2D eigenvalue weighted by Crippen LogP contribution is -2.44. The van der Waals surface area contributed by atoms with Gasteiger partial charge in [0.2, 0.25) is 5.95 Å². The first-order valence-electron chi connectivity index (χ1n) is 12.3. The molecule has 0 atom stereocenters. The van der Waals surface area contributed by atoms with Crippen molar-refractivity contribution < 1.29 is 23.4 Å². The van der Waals surface area contributed by atoms with Crippen molar-refractivity contribution in [1.29, 1.82) is 0 Å². The van der Waals surface area contributed by atoms with E-state index in [4.69, 9.17) is 14.6 Å². The summed E-state index contributed by atoms with van der Waals surface area (Å²) in [6.45, 7) is 4.06. The van der Waals surface area contributed by atoms with Gasteiger partial charge in [0.1, 0.15) is 12.4 Å². The summed E-state index contributed by atoms with van der Waals surface area (Å²) in [6.07, 6.45) is 5.03. The number of aryl methyl sites for hydroxylation is 1. The lowest BCUT2D eigenvalue weighted by atomic mass is 10.0. The van der Waals surface area contributed by atoms with Gasteiger partial charge in [-0.05, 0) is 62.7 Å². The molecule has 10 heteroatoms. The summed E-state index contributed by atoms with van der Waals surface area (Å²) < 4.78 is 39.3. The SMILES string of the molecule is COc1cc(C)c(F)c(COc2cnc(Nc3ccc(N4CCC(N(C)CCO)CC4)cc3)nc2)c1F. The van der Waals surface area contributed by atoms with Crippen LogP contribution in [0, 0.1) is 18.6 Å². The summed E-state index contributed by atoms with van der Waals surface area (Å²) >= 11 is 0. The van der Waals surface area contributed by atoms with Crippen LogP contribution in [0.3, 0.4) is 0 Å². The number of rotatable bonds is 10. The van der Waals surface area contributed by atoms with Gasteiger partial charge in [-0.25, -0.2) is 18.7 Å². The highest BCUT2D eigenvalue weighted by molar-refractivity contribution is 5.59. The highest BCUT2D eigenvalue weighted by Gasteiger charge is 2.22. The van der Waals surface area contributed by atoms with Gasteiger partial charge in [-0.15, -0.1) is 0 Å². The Kier molecular flexibility index (Phi) is 8.73. The van der Waals surface area contributed by atoms with E-state index in [1.807, 2.05) is 12.1 Å². The molecule has 1 fully saturated rings. The van der Waals surface area contributed by atoms with Crippen LogP contribution in [0.5, 0.6) is 11.5 Å². The van der Waals surface area contributed by atoms with Crippen molar-refractivity contribution in [2.24, 2.45) is 0 Å². The number of aliphatic hydroxyl groups is 1. The Morgan fingerprint density at radius 2 is 1.78 bits per heavy atom. The summed E-state index contributed by atoms with van der Waals surface area (Å²) in [5, 5.41) is 12.3. The highest BCUT2D eigenvalue weighted by Crippen LogP contribution is 2.28. The van der Waals surface area contributed by atoms with E-state index in [1.165, 1.54) is 25.6 Å². The van der Waals surface area contributed by atoms with Crippen molar-refractivity contribution >= 4 is 17.3 Å². The Balaban J connectivity index is 1.31. The molecule has 1 aliphatic heterocycles. The topological polar surface area (TPSA) is 83.0 Å². The number of halogens is 2. The second-order valence-corrected chi connectivity index (χ2v) is 9.13. The Morgan fingerprint density at radius 3 is 2.41 bits per heavy atom. The number of methoxy groups -OCH3 is 1. The maximum absolute atomic E-state index is 14.4. The number of likely N-dealkylation sites (N-methyl/N-ethyl adjacent to an activating group) is 1. The molecule has 0 spiro atoms. The average molecular weight is 514 g/mol. The predicted molar refractivity (Wildman–Crippen MR) is 139 cm³/mol. The lowest BCUT2D eigenvalue weighted by molar-refractivity contribution is 0.162. The molecule has 3 aromatic rings. The van der Waals surface area contributed by atoms with E-state index in [1.54, 1.807) is 6.92 Å². The van der Waals surface area contributed by atoms with Crippen molar-refractivity contribution in [3.05, 3.63) is 65.5 Å². The molecule has 2 N–H and O–H groups in total. The maximum Gasteiger partial charge on any atom is 0.227 e. The molecule has 0 radical (unpaired) electrons. The quantitative estimate of drug-likeness (QED) is 0.416. The van der Waals surface area contributed by atoms with E-state index in [9.17, 15) is 8.78 Å². The van der Waals surface area contributed by atoms with Crippen molar-refractivity contribution in [3.8, 4) is 11.5 Å². The molecule has 0 saturated carbocycles. The van der Waals surface area contributed by atoms with Gasteiger partial charge in [0.15, 0.2) is 17.3 Å². The third-order valence-corrected chi connectivity index (χ3v) is 6.70. The number of nitrogens with one attached hydrogen (secondary N) is 1. The first-order valence-corrected chi connectivity index (χ1v) is 12.3. The molecule has 2 aromatic carbocycles. The van der Waals surface area contributed by atoms with Gasteiger partial charge >= 0.3 is 0 Å². The Morgan fingerprint density at radius 1 is 1.11 bits per heavy atom. The molecule has 0 amide bonds. The first-order chi connectivity index (χ1) is 17.9. The summed E-state index contributed by atoms with van der Waals surface area (Å²) in [5.41, 5.74) is 2.06. The minimum absolute atomic E-state index is 0.0329. The van der Waals surface area contributed by atoms with Crippen LogP contribution in [-0.4, -0.2) is 66.4 Å². The van der Waals surface area contributed by atoms with Crippen LogP contribution < -0.4 is 19.7 Å². The Bertz CT molecular complexity index is 1170. The molecule has 1 aromatic heterocycles. The fourth-order valence-corrected chi connectivity index (χ4v) is 4.48. The van der Waals surface area contributed by atoms with Gasteiger partial charge in [-0.3, -0.25) is 0 Å². The fourth-order valence-electron chi connectivity index (χ4n) is 4.48. The van der Waals surface area contributed by atoms with Crippen LogP contribution in [-0.2, 0) is 6.61 Å². The molecule has 1 saturated heterocycles. The number of nitrogens with zero attached hydrogens (tertiary/aromatic N) is 4. The van der Waals surface area contributed by atoms with Crippen molar-refractivity contribution in [2.45, 2.75) is 32.4 Å². The third kappa shape index (κ3) is 6.44. The molecule has 0 unspecified atom stereocenters. The second kappa shape index (κ2) is 12.2. The summed E-state index contributed by atoms with van der Waals surface area (Å²) in [6, 6.07) is 9.90. The van der Waals surface area contributed by atoms with Crippen molar-refractivity contribution in [2.75, 3.05) is 50.6 Å². The van der Waals surface area contributed by atoms with Gasteiger partial charge in [0.25, 0.3) is 0 Å². The van der Waals surface area contributed by atoms with E-state index in [2.05, 4.69) is 44.3 Å². The predicted octanol–water partition coefficient (Wildman–Crippen LogP) is 4.29. The molecule has 0 bridgehead atoms. The largest absolute Gasteiger partial charge is 0.494 e. The van der Waals surface area contributed by atoms with Gasteiger partial charge in [-0.2, -0.15) is 0 Å². The van der Waals surface area contributed by atoms with Crippen LogP contribution in [0.2, 0.25) is 0 Å². The van der Waals surface area contributed by atoms with Crippen LogP contribution in [0.1, 0.15) is 24.0 Å². The van der Waals surface area contributed by atoms with E-state index < -0.39 is 11.6 Å². The third-order valence-electron chi connectivity index (χ3n) is 6.70. The molecular formula is C27H33F2N5O3. The number of aliphatic hydroxyl groups excluding tert-OH is 1. The zero-order valence-corrected chi connectivity index (χ0v) is 21.4. The van der Waals surface area contributed by atoms with Crippen LogP contribution in [0.15, 0.2) is 42.7 Å². The second-order valence-electron chi connectivity index (χ2n) is 9.13. The van der Waals surface area contributed by atoms with E-state index in [0.717, 1.165) is 37.3 Å². The standard InChI is InChI=1S/C27H33F2N5O3/c1-18-14-24(36-3)26(29)23(25(18)28)17-37-22-15-30-27(31-16-22)32-19-4-6-21(7-5-19)34-10-8-20(9-11-34)33(2)12-13-35/h4-7,14-16,20,35H,8-13,17H2,1-3H3,(H,30,31,32). The molecule has 8 nitrogen and oxygen atoms in total.